The van der Waals surface area contributed by atoms with E-state index in [1.54, 1.807) is 0 Å². The number of amides is 1. The van der Waals surface area contributed by atoms with Crippen LogP contribution in [0.4, 0.5) is 0 Å². The van der Waals surface area contributed by atoms with E-state index in [1.807, 2.05) is 0 Å². The minimum atomic E-state index is 0.252. The van der Waals surface area contributed by atoms with Gasteiger partial charge >= 0.3 is 0 Å². The summed E-state index contributed by atoms with van der Waals surface area (Å²) in [6, 6.07) is 0. The zero-order valence-electron chi connectivity index (χ0n) is 12.4. The standard InChI is InChI=1S/C16H30N2O/c1-2-12(9-10-17)3-8-16(19)18-11-15(13-4-5-13)14-6-7-14/h12-15H,2-11,17H2,1H3,(H,18,19). The predicted molar refractivity (Wildman–Crippen MR) is 78.6 cm³/mol. The van der Waals surface area contributed by atoms with Crippen LogP contribution in [0.25, 0.3) is 0 Å². The van der Waals surface area contributed by atoms with E-state index in [9.17, 15) is 4.79 Å². The lowest BCUT2D eigenvalue weighted by Gasteiger charge is -2.17. The monoisotopic (exact) mass is 266 g/mol. The van der Waals surface area contributed by atoms with Gasteiger partial charge in [-0.3, -0.25) is 4.79 Å². The summed E-state index contributed by atoms with van der Waals surface area (Å²) in [5, 5.41) is 3.18. The molecule has 19 heavy (non-hydrogen) atoms. The Hall–Kier alpha value is -0.570. The van der Waals surface area contributed by atoms with Crippen molar-refractivity contribution in [1.82, 2.24) is 5.32 Å². The van der Waals surface area contributed by atoms with Gasteiger partial charge in [-0.15, -0.1) is 0 Å². The van der Waals surface area contributed by atoms with Crippen molar-refractivity contribution in [3.8, 4) is 0 Å². The molecule has 2 aliphatic carbocycles. The summed E-state index contributed by atoms with van der Waals surface area (Å²) in [6.07, 6.45) is 9.44. The first-order valence-corrected chi connectivity index (χ1v) is 8.21. The minimum absolute atomic E-state index is 0.252. The highest BCUT2D eigenvalue weighted by Gasteiger charge is 2.41. The summed E-state index contributed by atoms with van der Waals surface area (Å²) < 4.78 is 0. The van der Waals surface area contributed by atoms with E-state index in [-0.39, 0.29) is 5.91 Å². The van der Waals surface area contributed by atoms with Gasteiger partial charge in [0.1, 0.15) is 0 Å². The molecule has 110 valence electrons. The maximum absolute atomic E-state index is 11.9. The summed E-state index contributed by atoms with van der Waals surface area (Å²) in [5.41, 5.74) is 5.59. The van der Waals surface area contributed by atoms with Gasteiger partial charge in [-0.05, 0) is 68.7 Å². The lowest BCUT2D eigenvalue weighted by molar-refractivity contribution is -0.121. The molecule has 0 aromatic rings. The molecule has 3 nitrogen and oxygen atoms in total. The van der Waals surface area contributed by atoms with E-state index in [0.29, 0.717) is 12.3 Å². The normalized spacial score (nSPS) is 20.6. The quantitative estimate of drug-likeness (QED) is 0.639. The molecule has 0 bridgehead atoms. The summed E-state index contributed by atoms with van der Waals surface area (Å²) in [7, 11) is 0. The van der Waals surface area contributed by atoms with Gasteiger partial charge in [0, 0.05) is 13.0 Å². The topological polar surface area (TPSA) is 55.1 Å². The summed E-state index contributed by atoms with van der Waals surface area (Å²) in [6.45, 7) is 3.86. The van der Waals surface area contributed by atoms with E-state index in [1.165, 1.54) is 25.7 Å². The number of rotatable bonds is 10. The van der Waals surface area contributed by atoms with Crippen molar-refractivity contribution in [3.05, 3.63) is 0 Å². The third kappa shape index (κ3) is 5.13. The Morgan fingerprint density at radius 2 is 1.84 bits per heavy atom. The lowest BCUT2D eigenvalue weighted by Crippen LogP contribution is -2.31. The molecule has 0 radical (unpaired) electrons. The number of hydrogen-bond donors (Lipinski definition) is 2. The first kappa shape index (κ1) is 14.8. The molecular formula is C16H30N2O. The van der Waals surface area contributed by atoms with Crippen molar-refractivity contribution >= 4 is 5.91 Å². The highest BCUT2D eigenvalue weighted by molar-refractivity contribution is 5.75. The molecule has 3 heteroatoms. The first-order valence-electron chi connectivity index (χ1n) is 8.21. The fourth-order valence-electron chi connectivity index (χ4n) is 3.21. The van der Waals surface area contributed by atoms with Crippen LogP contribution in [0.2, 0.25) is 0 Å². The van der Waals surface area contributed by atoms with E-state index in [0.717, 1.165) is 50.1 Å². The van der Waals surface area contributed by atoms with Crippen molar-refractivity contribution < 1.29 is 4.79 Å². The van der Waals surface area contributed by atoms with Gasteiger partial charge in [0.2, 0.25) is 5.91 Å². The Morgan fingerprint density at radius 1 is 1.21 bits per heavy atom. The lowest BCUT2D eigenvalue weighted by atomic mass is 9.96. The fraction of sp³-hybridized carbons (Fsp3) is 0.938. The molecule has 2 saturated carbocycles. The van der Waals surface area contributed by atoms with Crippen molar-refractivity contribution in [1.29, 1.82) is 0 Å². The van der Waals surface area contributed by atoms with Gasteiger partial charge in [0.25, 0.3) is 0 Å². The van der Waals surface area contributed by atoms with Crippen LogP contribution in [0.1, 0.15) is 58.3 Å². The molecule has 0 aliphatic heterocycles. The van der Waals surface area contributed by atoms with E-state index in [4.69, 9.17) is 5.73 Å². The van der Waals surface area contributed by atoms with Crippen LogP contribution in [0, 0.1) is 23.7 Å². The second kappa shape index (κ2) is 7.28. The van der Waals surface area contributed by atoms with E-state index < -0.39 is 0 Å². The maximum Gasteiger partial charge on any atom is 0.220 e. The SMILES string of the molecule is CCC(CCN)CCC(=O)NCC(C1CC1)C1CC1. The van der Waals surface area contributed by atoms with Crippen LogP contribution in [0.5, 0.6) is 0 Å². The molecule has 0 spiro atoms. The molecule has 3 N–H and O–H groups in total. The summed E-state index contributed by atoms with van der Waals surface area (Å²) >= 11 is 0. The van der Waals surface area contributed by atoms with Crippen molar-refractivity contribution in [2.75, 3.05) is 13.1 Å². The van der Waals surface area contributed by atoms with Crippen molar-refractivity contribution in [3.63, 3.8) is 0 Å². The molecule has 2 rings (SSSR count). The third-order valence-electron chi connectivity index (χ3n) is 4.92. The zero-order chi connectivity index (χ0) is 13.7. The molecule has 0 aromatic carbocycles. The van der Waals surface area contributed by atoms with Crippen LogP contribution in [-0.2, 0) is 4.79 Å². The van der Waals surface area contributed by atoms with Gasteiger partial charge in [-0.25, -0.2) is 0 Å². The number of nitrogens with one attached hydrogen (secondary N) is 1. The summed E-state index contributed by atoms with van der Waals surface area (Å²) in [5.74, 6) is 3.51. The third-order valence-corrected chi connectivity index (χ3v) is 4.92. The zero-order valence-corrected chi connectivity index (χ0v) is 12.4. The van der Waals surface area contributed by atoms with Crippen molar-refractivity contribution in [2.24, 2.45) is 29.4 Å². The number of hydrogen-bond acceptors (Lipinski definition) is 2. The number of nitrogens with two attached hydrogens (primary N) is 1. The van der Waals surface area contributed by atoms with Crippen LogP contribution in [-0.4, -0.2) is 19.0 Å². The molecule has 0 heterocycles. The second-order valence-electron chi connectivity index (χ2n) is 6.53. The van der Waals surface area contributed by atoms with Gasteiger partial charge in [-0.1, -0.05) is 13.3 Å². The van der Waals surface area contributed by atoms with Gasteiger partial charge in [0.15, 0.2) is 0 Å². The van der Waals surface area contributed by atoms with Gasteiger partial charge in [-0.2, -0.15) is 0 Å². The van der Waals surface area contributed by atoms with E-state index in [2.05, 4.69) is 12.2 Å². The highest BCUT2D eigenvalue weighted by Crippen LogP contribution is 2.48. The average molecular weight is 266 g/mol. The highest BCUT2D eigenvalue weighted by atomic mass is 16.1. The molecular weight excluding hydrogens is 236 g/mol. The molecule has 1 unspecified atom stereocenters. The number of carbonyl (C=O) groups excluding carboxylic acids is 1. The smallest absolute Gasteiger partial charge is 0.220 e. The first-order chi connectivity index (χ1) is 9.24. The predicted octanol–water partition coefficient (Wildman–Crippen LogP) is 2.69. The van der Waals surface area contributed by atoms with Crippen LogP contribution in [0.3, 0.4) is 0 Å². The Labute approximate surface area is 117 Å². The Kier molecular flexibility index (Phi) is 5.68. The van der Waals surface area contributed by atoms with Crippen molar-refractivity contribution in [2.45, 2.75) is 58.3 Å². The van der Waals surface area contributed by atoms with E-state index >= 15 is 0 Å². The van der Waals surface area contributed by atoms with Crippen LogP contribution in [0.15, 0.2) is 0 Å². The Bertz CT molecular complexity index is 272. The fourth-order valence-corrected chi connectivity index (χ4v) is 3.21. The molecule has 0 saturated heterocycles. The second-order valence-corrected chi connectivity index (χ2v) is 6.53. The molecule has 0 aromatic heterocycles. The molecule has 1 atom stereocenters. The Balaban J connectivity index is 1.60. The largest absolute Gasteiger partial charge is 0.356 e. The molecule has 1 amide bonds. The molecule has 2 fully saturated rings. The van der Waals surface area contributed by atoms with Gasteiger partial charge in [0.05, 0.1) is 0 Å². The van der Waals surface area contributed by atoms with Gasteiger partial charge < -0.3 is 11.1 Å². The summed E-state index contributed by atoms with van der Waals surface area (Å²) in [4.78, 5) is 11.9. The van der Waals surface area contributed by atoms with Crippen LogP contribution < -0.4 is 11.1 Å². The number of carbonyl (C=O) groups is 1. The maximum atomic E-state index is 11.9. The van der Waals surface area contributed by atoms with Crippen LogP contribution >= 0.6 is 0 Å². The Morgan fingerprint density at radius 3 is 2.32 bits per heavy atom. The average Bonchev–Trinajstić information content (AvgIpc) is 3.27. The minimum Gasteiger partial charge on any atom is -0.356 e. The molecule has 2 aliphatic rings.